The maximum Gasteiger partial charge on any atom is 0.458 e. The number of aliphatic hydroxyl groups excluding tert-OH is 1. The number of hydrogen-bond acceptors (Lipinski definition) is 3. The fraction of sp³-hybridized carbons (Fsp3) is 0.280. The van der Waals surface area contributed by atoms with E-state index in [2.05, 4.69) is 0 Å². The summed E-state index contributed by atoms with van der Waals surface area (Å²) in [5.74, 6) is -7.22. The van der Waals surface area contributed by atoms with Crippen LogP contribution in [0.25, 0.3) is 0 Å². The molecule has 1 N–H and O–H groups in total. The lowest BCUT2D eigenvalue weighted by atomic mass is 10.1. The molecule has 0 amide bonds. The third-order valence-corrected chi connectivity index (χ3v) is 5.52. The third kappa shape index (κ3) is 6.92. The van der Waals surface area contributed by atoms with Crippen molar-refractivity contribution in [3.63, 3.8) is 0 Å². The Morgan fingerprint density at radius 1 is 0.750 bits per heavy atom. The highest BCUT2D eigenvalue weighted by molar-refractivity contribution is 5.65. The maximum absolute atomic E-state index is 14.3. The Morgan fingerprint density at radius 2 is 1.32 bits per heavy atom. The van der Waals surface area contributed by atoms with Crippen molar-refractivity contribution in [2.75, 3.05) is 11.4 Å². The molecule has 0 aliphatic heterocycles. The van der Waals surface area contributed by atoms with Crippen LogP contribution in [0.3, 0.4) is 0 Å². The number of rotatable bonds is 8. The average molecular weight is 591 g/mol. The molecule has 0 aromatic heterocycles. The Morgan fingerprint density at radius 3 is 1.90 bits per heavy atom. The zero-order valence-electron chi connectivity index (χ0n) is 19.7. The number of hydrogen-bond donors (Lipinski definition) is 1. The molecule has 1 unspecified atom stereocenters. The largest absolute Gasteiger partial charge is 0.489 e. The van der Waals surface area contributed by atoms with Gasteiger partial charge in [-0.3, -0.25) is 0 Å². The fourth-order valence-electron chi connectivity index (χ4n) is 3.48. The van der Waals surface area contributed by atoms with Gasteiger partial charge in [0.05, 0.1) is 12.1 Å². The first kappa shape index (κ1) is 30.9. The molecule has 218 valence electrons. The predicted molar refractivity (Wildman–Crippen MR) is 118 cm³/mol. The Bertz CT molecular complexity index is 1320. The summed E-state index contributed by atoms with van der Waals surface area (Å²) in [7, 11) is 0. The van der Waals surface area contributed by atoms with Crippen molar-refractivity contribution in [2.45, 2.75) is 37.2 Å². The van der Waals surface area contributed by atoms with Gasteiger partial charge in [-0.15, -0.1) is 0 Å². The van der Waals surface area contributed by atoms with Crippen LogP contribution in [0, 0.1) is 5.82 Å². The highest BCUT2D eigenvalue weighted by Crippen LogP contribution is 2.45. The number of aliphatic hydroxyl groups is 1. The molecular weight excluding hydrogens is 574 g/mol. The van der Waals surface area contributed by atoms with Crippen LogP contribution in [0.15, 0.2) is 66.7 Å². The number of ether oxygens (including phenoxy) is 1. The molecule has 0 saturated heterocycles. The summed E-state index contributed by atoms with van der Waals surface area (Å²) >= 11 is 0. The average Bonchev–Trinajstić information content (AvgIpc) is 2.84. The summed E-state index contributed by atoms with van der Waals surface area (Å²) in [6.45, 7) is -2.12. The molecule has 0 heterocycles. The molecule has 3 rings (SSSR count). The summed E-state index contributed by atoms with van der Waals surface area (Å²) < 4.78 is 164. The van der Waals surface area contributed by atoms with Crippen LogP contribution >= 0.6 is 0 Å². The topological polar surface area (TPSA) is 32.7 Å². The number of nitrogens with zero attached hydrogens (tertiary/aromatic N) is 1. The van der Waals surface area contributed by atoms with E-state index in [-0.39, 0.29) is 11.4 Å². The minimum atomic E-state index is -6.02. The van der Waals surface area contributed by atoms with Gasteiger partial charge >= 0.3 is 24.5 Å². The molecule has 0 saturated carbocycles. The highest BCUT2D eigenvalue weighted by Gasteiger charge is 2.58. The van der Waals surface area contributed by atoms with Crippen LogP contribution < -0.4 is 9.64 Å². The monoisotopic (exact) mass is 591 g/mol. The lowest BCUT2D eigenvalue weighted by Gasteiger charge is -2.30. The number of benzene rings is 3. The summed E-state index contributed by atoms with van der Waals surface area (Å²) in [6.07, 6.45) is -19.3. The first-order chi connectivity index (χ1) is 18.3. The normalized spacial score (nSPS) is 13.7. The van der Waals surface area contributed by atoms with E-state index in [1.807, 2.05) is 0 Å². The van der Waals surface area contributed by atoms with E-state index in [1.165, 1.54) is 6.07 Å². The van der Waals surface area contributed by atoms with Crippen LogP contribution in [0.1, 0.15) is 16.7 Å². The molecule has 15 heteroatoms. The second kappa shape index (κ2) is 11.1. The standard InChI is InChI=1S/C25H17F12NO2/c26-21-14(4-1-9-19(21)23(29,30)31)13-40-18-8-3-7-17(11-18)38(12-20(39)24(32,33)34)16-6-2-5-15(10-16)22(27,28)25(35,36)37/h1-11,20,39H,12-13H2. The van der Waals surface area contributed by atoms with Crippen LogP contribution in [0.4, 0.5) is 64.1 Å². The Labute approximate surface area is 218 Å². The predicted octanol–water partition coefficient (Wildman–Crippen LogP) is 8.14. The smallest absolute Gasteiger partial charge is 0.458 e. The van der Waals surface area contributed by atoms with Crippen molar-refractivity contribution in [1.29, 1.82) is 0 Å². The van der Waals surface area contributed by atoms with Crippen LogP contribution in [-0.2, 0) is 18.7 Å². The molecule has 0 spiro atoms. The molecule has 0 bridgehead atoms. The van der Waals surface area contributed by atoms with Gasteiger partial charge in [0.1, 0.15) is 18.2 Å². The molecular formula is C25H17F12NO2. The quantitative estimate of drug-likeness (QED) is 0.269. The highest BCUT2D eigenvalue weighted by atomic mass is 19.4. The van der Waals surface area contributed by atoms with Gasteiger partial charge in [0, 0.05) is 28.6 Å². The third-order valence-electron chi connectivity index (χ3n) is 5.52. The van der Waals surface area contributed by atoms with Crippen molar-refractivity contribution in [1.82, 2.24) is 0 Å². The lowest BCUT2D eigenvalue weighted by Crippen LogP contribution is -2.39. The van der Waals surface area contributed by atoms with Crippen molar-refractivity contribution >= 4 is 11.4 Å². The molecule has 0 aliphatic carbocycles. The molecule has 0 radical (unpaired) electrons. The van der Waals surface area contributed by atoms with Gasteiger partial charge in [-0.05, 0) is 30.3 Å². The van der Waals surface area contributed by atoms with E-state index >= 15 is 0 Å². The Hall–Kier alpha value is -3.62. The van der Waals surface area contributed by atoms with E-state index in [0.717, 1.165) is 42.5 Å². The summed E-state index contributed by atoms with van der Waals surface area (Å²) in [5, 5.41) is 9.62. The van der Waals surface area contributed by atoms with Gasteiger partial charge < -0.3 is 14.7 Å². The summed E-state index contributed by atoms with van der Waals surface area (Å²) in [6, 6.07) is 9.21. The Balaban J connectivity index is 1.98. The zero-order chi connectivity index (χ0) is 30.1. The molecule has 3 aromatic rings. The minimum absolute atomic E-state index is 0.238. The molecule has 0 fully saturated rings. The minimum Gasteiger partial charge on any atom is -0.489 e. The zero-order valence-corrected chi connectivity index (χ0v) is 19.7. The number of halogens is 12. The molecule has 40 heavy (non-hydrogen) atoms. The second-order valence-electron chi connectivity index (χ2n) is 8.35. The number of alkyl halides is 11. The van der Waals surface area contributed by atoms with Crippen molar-refractivity contribution in [3.05, 3.63) is 89.2 Å². The van der Waals surface area contributed by atoms with E-state index in [0.29, 0.717) is 23.1 Å². The van der Waals surface area contributed by atoms with Gasteiger partial charge in [0.15, 0.2) is 6.10 Å². The van der Waals surface area contributed by atoms with Crippen LogP contribution in [0.2, 0.25) is 0 Å². The van der Waals surface area contributed by atoms with E-state index in [4.69, 9.17) is 4.74 Å². The van der Waals surface area contributed by atoms with Gasteiger partial charge in [0.25, 0.3) is 0 Å². The lowest BCUT2D eigenvalue weighted by molar-refractivity contribution is -0.289. The van der Waals surface area contributed by atoms with Crippen LogP contribution in [-0.4, -0.2) is 30.1 Å². The molecule has 3 nitrogen and oxygen atoms in total. The first-order valence-corrected chi connectivity index (χ1v) is 11.0. The van der Waals surface area contributed by atoms with Gasteiger partial charge in [-0.1, -0.05) is 30.3 Å². The van der Waals surface area contributed by atoms with Gasteiger partial charge in [-0.25, -0.2) is 4.39 Å². The van der Waals surface area contributed by atoms with Crippen molar-refractivity contribution in [3.8, 4) is 5.75 Å². The Kier molecular flexibility index (Phi) is 8.58. The first-order valence-electron chi connectivity index (χ1n) is 11.0. The fourth-order valence-corrected chi connectivity index (χ4v) is 3.48. The maximum atomic E-state index is 14.3. The SMILES string of the molecule is OC(CN(c1cccc(OCc2cccc(C(F)(F)F)c2F)c1)c1cccc(C(F)(F)C(F)(F)F)c1)C(F)(F)F. The number of anilines is 2. The second-order valence-corrected chi connectivity index (χ2v) is 8.35. The molecule has 3 aromatic carbocycles. The van der Waals surface area contributed by atoms with Crippen molar-refractivity contribution < 1.29 is 62.5 Å². The summed E-state index contributed by atoms with van der Waals surface area (Å²) in [5.41, 5.74) is -4.56. The van der Waals surface area contributed by atoms with Crippen LogP contribution in [0.5, 0.6) is 5.75 Å². The molecule has 0 aliphatic rings. The summed E-state index contributed by atoms with van der Waals surface area (Å²) in [4.78, 5) is 0.589. The molecule has 1 atom stereocenters. The van der Waals surface area contributed by atoms with E-state index in [9.17, 15) is 57.8 Å². The van der Waals surface area contributed by atoms with E-state index < -0.39 is 71.9 Å². The van der Waals surface area contributed by atoms with E-state index in [1.54, 1.807) is 0 Å². The van der Waals surface area contributed by atoms with Gasteiger partial charge in [0.2, 0.25) is 0 Å². The van der Waals surface area contributed by atoms with Crippen molar-refractivity contribution in [2.24, 2.45) is 0 Å². The van der Waals surface area contributed by atoms with Gasteiger partial charge in [-0.2, -0.15) is 48.3 Å².